The summed E-state index contributed by atoms with van der Waals surface area (Å²) in [5.74, 6) is -7.93. The number of aliphatic hydroxyl groups is 3. The zero-order chi connectivity index (χ0) is 48.2. The molecule has 3 aliphatic heterocycles. The standard InChI is InChI=1S/C51H79NO13/c1-30-16-12-11-13-17-31(2)42(61-8)28-38-21-19-36(7)51(60,65-38)48(57)49(58)52-23-15-14-18-39(52)50(59)64-43(33(4)26-37-20-22-40(53)44(27-37)62-9)29-41(54)32(3)25-35(6)46(56)47(63-10)45(55)34(5)24-30/h11-13,16-17,25,30,33-40,42-44,46-47,53,56,60H,14-15,18-24,26-29H2,1-10H3/t30-,33-,34-,35?,36-,37+,38+,39?,40?,42+,43+,44-,46-,47+,51-/m1/s1. The summed E-state index contributed by atoms with van der Waals surface area (Å²) in [5.41, 5.74) is 1.19. The Morgan fingerprint density at radius 3 is 2.26 bits per heavy atom. The molecule has 1 aliphatic carbocycles. The first-order valence-electron chi connectivity index (χ1n) is 23.9. The lowest BCUT2D eigenvalue weighted by Gasteiger charge is -2.42. The molecule has 65 heavy (non-hydrogen) atoms. The number of fused-ring (bicyclic) bond motifs is 3. The molecule has 1 amide bonds. The molecule has 4 rings (SSSR count). The number of amides is 1. The van der Waals surface area contributed by atoms with Crippen LogP contribution in [0.1, 0.15) is 126 Å². The average molecular weight is 914 g/mol. The predicted octanol–water partition coefficient (Wildman–Crippen LogP) is 6.18. The van der Waals surface area contributed by atoms with E-state index in [1.165, 1.54) is 12.0 Å². The smallest absolute Gasteiger partial charge is 0.329 e. The van der Waals surface area contributed by atoms with Gasteiger partial charge >= 0.3 is 5.97 Å². The lowest BCUT2D eigenvalue weighted by atomic mass is 9.78. The van der Waals surface area contributed by atoms with Gasteiger partial charge in [0.1, 0.15) is 18.2 Å². The third-order valence-electron chi connectivity index (χ3n) is 14.5. The number of Topliss-reactive ketones (excluding diaryl/α,β-unsaturated/α-hetero) is 3. The molecule has 0 aromatic rings. The van der Waals surface area contributed by atoms with Crippen molar-refractivity contribution in [2.75, 3.05) is 27.9 Å². The Balaban J connectivity index is 1.70. The maximum Gasteiger partial charge on any atom is 0.329 e. The first kappa shape index (κ1) is 54.2. The third-order valence-corrected chi connectivity index (χ3v) is 14.5. The highest BCUT2D eigenvalue weighted by Gasteiger charge is 2.53. The number of cyclic esters (lactones) is 1. The molecule has 3 heterocycles. The van der Waals surface area contributed by atoms with Crippen LogP contribution in [0.15, 0.2) is 47.6 Å². The molecule has 3 unspecified atom stereocenters. The summed E-state index contributed by atoms with van der Waals surface area (Å²) in [4.78, 5) is 71.7. The Labute approximate surface area is 387 Å². The van der Waals surface area contributed by atoms with Gasteiger partial charge in [0.05, 0.1) is 30.5 Å². The number of ketones is 3. The summed E-state index contributed by atoms with van der Waals surface area (Å²) in [6.45, 7) is 12.7. The number of allylic oxidation sites excluding steroid dienone is 6. The third kappa shape index (κ3) is 14.3. The van der Waals surface area contributed by atoms with Crippen LogP contribution < -0.4 is 0 Å². The van der Waals surface area contributed by atoms with Gasteiger partial charge in [0, 0.05) is 58.5 Å². The van der Waals surface area contributed by atoms with E-state index in [-0.39, 0.29) is 54.8 Å². The van der Waals surface area contributed by atoms with Gasteiger partial charge in [-0.25, -0.2) is 4.79 Å². The van der Waals surface area contributed by atoms with E-state index in [4.69, 9.17) is 23.7 Å². The van der Waals surface area contributed by atoms with Gasteiger partial charge < -0.3 is 43.9 Å². The number of methoxy groups -OCH3 is 3. The van der Waals surface area contributed by atoms with Crippen LogP contribution in [0.3, 0.4) is 0 Å². The van der Waals surface area contributed by atoms with Crippen LogP contribution in [0.25, 0.3) is 0 Å². The van der Waals surface area contributed by atoms with Crippen LogP contribution in [0, 0.1) is 35.5 Å². The molecule has 1 saturated carbocycles. The summed E-state index contributed by atoms with van der Waals surface area (Å²) in [7, 11) is 4.53. The van der Waals surface area contributed by atoms with Crippen LogP contribution >= 0.6 is 0 Å². The monoisotopic (exact) mass is 914 g/mol. The van der Waals surface area contributed by atoms with Crippen molar-refractivity contribution in [3.63, 3.8) is 0 Å². The fraction of sp³-hybridized carbons (Fsp3) is 0.745. The lowest BCUT2D eigenvalue weighted by Crippen LogP contribution is -2.61. The molecule has 14 heteroatoms. The Morgan fingerprint density at radius 1 is 0.862 bits per heavy atom. The zero-order valence-corrected chi connectivity index (χ0v) is 40.6. The molecule has 0 radical (unpaired) electrons. The summed E-state index contributed by atoms with van der Waals surface area (Å²) in [5, 5.41) is 33.9. The van der Waals surface area contributed by atoms with Crippen molar-refractivity contribution < 1.29 is 63.0 Å². The number of hydrogen-bond donors (Lipinski definition) is 3. The SMILES string of the molecule is CO[C@H]1C[C@@H]2CC[C@@H](C)[C@@](O)(O2)C(=O)C(=O)N2CCCCC2C(=O)O[C@H]([C@H](C)C[C@@H]2CCC(O)[C@H](OC)C2)CC(=O)C(C)=CC(C)[C@@H](O)[C@@H](OC)C(=O)[C@H](C)C[C@H](C)C=CC=CC=C1C. The van der Waals surface area contributed by atoms with Crippen LogP contribution in [0.4, 0.5) is 0 Å². The number of aliphatic hydroxyl groups excluding tert-OH is 2. The second kappa shape index (κ2) is 25.1. The molecular weight excluding hydrogens is 835 g/mol. The minimum absolute atomic E-state index is 0.0220. The summed E-state index contributed by atoms with van der Waals surface area (Å²) in [6.07, 6.45) is 11.2. The molecule has 2 bridgehead atoms. The molecule has 2 saturated heterocycles. The van der Waals surface area contributed by atoms with E-state index in [1.807, 2.05) is 58.1 Å². The number of esters is 1. The van der Waals surface area contributed by atoms with Crippen LogP contribution in [0.2, 0.25) is 0 Å². The van der Waals surface area contributed by atoms with E-state index < -0.39 is 83.9 Å². The highest BCUT2D eigenvalue weighted by atomic mass is 16.6. The Kier molecular flexibility index (Phi) is 21.0. The predicted molar refractivity (Wildman–Crippen MR) is 245 cm³/mol. The van der Waals surface area contributed by atoms with Crippen molar-refractivity contribution in [3.8, 4) is 0 Å². The van der Waals surface area contributed by atoms with Crippen LogP contribution in [0.5, 0.6) is 0 Å². The Morgan fingerprint density at radius 2 is 1.58 bits per heavy atom. The summed E-state index contributed by atoms with van der Waals surface area (Å²) < 4.78 is 29.4. The number of carbonyl (C=O) groups excluding carboxylic acids is 5. The maximum atomic E-state index is 14.4. The van der Waals surface area contributed by atoms with Crippen molar-refractivity contribution in [3.05, 3.63) is 47.6 Å². The summed E-state index contributed by atoms with van der Waals surface area (Å²) in [6, 6.07) is -1.14. The molecule has 4 aliphatic rings. The van der Waals surface area contributed by atoms with Gasteiger partial charge in [-0.15, -0.1) is 0 Å². The van der Waals surface area contributed by atoms with Gasteiger partial charge in [-0.05, 0) is 107 Å². The summed E-state index contributed by atoms with van der Waals surface area (Å²) >= 11 is 0. The molecule has 0 aromatic heterocycles. The van der Waals surface area contributed by atoms with E-state index in [2.05, 4.69) is 0 Å². The molecule has 3 fully saturated rings. The number of carbonyl (C=O) groups is 5. The highest BCUT2D eigenvalue weighted by molar-refractivity contribution is 6.39. The molecule has 0 aromatic carbocycles. The first-order chi connectivity index (χ1) is 30.7. The minimum Gasteiger partial charge on any atom is -0.460 e. The highest BCUT2D eigenvalue weighted by Crippen LogP contribution is 2.38. The van der Waals surface area contributed by atoms with E-state index in [0.29, 0.717) is 63.4 Å². The number of rotatable bonds is 6. The molecule has 15 atom stereocenters. The van der Waals surface area contributed by atoms with Crippen molar-refractivity contribution in [2.45, 2.75) is 180 Å². The largest absolute Gasteiger partial charge is 0.460 e. The quantitative estimate of drug-likeness (QED) is 0.202. The number of piperidine rings is 1. The fourth-order valence-corrected chi connectivity index (χ4v) is 10.1. The molecule has 0 spiro atoms. The van der Waals surface area contributed by atoms with Gasteiger partial charge in [0.25, 0.3) is 11.7 Å². The topological polar surface area (TPSA) is 195 Å². The molecule has 14 nitrogen and oxygen atoms in total. The zero-order valence-electron chi connectivity index (χ0n) is 40.6. The number of ether oxygens (including phenoxy) is 5. The molecule has 366 valence electrons. The van der Waals surface area contributed by atoms with Crippen LogP contribution in [-0.2, 0) is 47.7 Å². The van der Waals surface area contributed by atoms with Gasteiger partial charge in [0.15, 0.2) is 11.6 Å². The van der Waals surface area contributed by atoms with Crippen molar-refractivity contribution >= 4 is 29.2 Å². The van der Waals surface area contributed by atoms with Gasteiger partial charge in [0.2, 0.25) is 5.79 Å². The van der Waals surface area contributed by atoms with E-state index in [1.54, 1.807) is 41.1 Å². The van der Waals surface area contributed by atoms with Crippen molar-refractivity contribution in [2.24, 2.45) is 35.5 Å². The van der Waals surface area contributed by atoms with E-state index in [0.717, 1.165) is 12.0 Å². The van der Waals surface area contributed by atoms with Crippen molar-refractivity contribution in [1.82, 2.24) is 4.90 Å². The average Bonchev–Trinajstić information content (AvgIpc) is 3.28. The maximum absolute atomic E-state index is 14.4. The second-order valence-electron chi connectivity index (χ2n) is 19.6. The lowest BCUT2D eigenvalue weighted by molar-refractivity contribution is -0.265. The van der Waals surface area contributed by atoms with E-state index >= 15 is 0 Å². The second-order valence-corrected chi connectivity index (χ2v) is 19.6. The van der Waals surface area contributed by atoms with Gasteiger partial charge in [-0.3, -0.25) is 19.2 Å². The van der Waals surface area contributed by atoms with E-state index in [9.17, 15) is 39.3 Å². The van der Waals surface area contributed by atoms with Gasteiger partial charge in [-0.2, -0.15) is 0 Å². The first-order valence-corrected chi connectivity index (χ1v) is 23.9. The minimum atomic E-state index is -2.43. The Hall–Kier alpha value is -3.37. The number of nitrogens with zero attached hydrogens (tertiary/aromatic N) is 1. The van der Waals surface area contributed by atoms with Crippen LogP contribution in [-0.4, -0.2) is 132 Å². The normalized spacial score (nSPS) is 37.8. The molecular formula is C51H79NO13. The number of hydrogen-bond acceptors (Lipinski definition) is 13. The Bertz CT molecular complexity index is 1760. The van der Waals surface area contributed by atoms with Crippen molar-refractivity contribution in [1.29, 1.82) is 0 Å². The van der Waals surface area contributed by atoms with Gasteiger partial charge in [-0.1, -0.05) is 71.1 Å². The fourth-order valence-electron chi connectivity index (χ4n) is 10.1. The molecule has 3 N–H and O–H groups in total.